The number of ether oxygens (including phenoxy) is 1. The van der Waals surface area contributed by atoms with Crippen molar-refractivity contribution < 1.29 is 13.3 Å². The van der Waals surface area contributed by atoms with Gasteiger partial charge < -0.3 is 4.74 Å². The van der Waals surface area contributed by atoms with E-state index in [4.69, 9.17) is 4.74 Å². The van der Waals surface area contributed by atoms with Crippen LogP contribution < -0.4 is 0 Å². The lowest BCUT2D eigenvalue weighted by atomic mass is 10.1. The van der Waals surface area contributed by atoms with Gasteiger partial charge in [0.25, 0.3) is 0 Å². The molecular weight excluding hydrogens is 251 g/mol. The number of hydrogen-bond donors (Lipinski definition) is 0. The van der Waals surface area contributed by atoms with Gasteiger partial charge in [0.1, 0.15) is 5.82 Å². The molecule has 0 unspecified atom stereocenters. The van der Waals surface area contributed by atoms with E-state index in [0.29, 0.717) is 5.75 Å². The van der Waals surface area contributed by atoms with E-state index in [1.165, 1.54) is 12.1 Å². The van der Waals surface area contributed by atoms with Gasteiger partial charge in [0, 0.05) is 17.4 Å². The van der Waals surface area contributed by atoms with Crippen LogP contribution in [0.25, 0.3) is 0 Å². The Balaban J connectivity index is 1.93. The van der Waals surface area contributed by atoms with E-state index in [2.05, 4.69) is 0 Å². The zero-order chi connectivity index (χ0) is 13.0. The fraction of sp³-hybridized carbons (Fsp3) is 0.571. The lowest BCUT2D eigenvalue weighted by Gasteiger charge is -2.23. The summed E-state index contributed by atoms with van der Waals surface area (Å²) < 4.78 is 30.7. The molecule has 1 aromatic rings. The summed E-state index contributed by atoms with van der Waals surface area (Å²) >= 11 is 0. The van der Waals surface area contributed by atoms with Crippen LogP contribution in [0.3, 0.4) is 0 Å². The first-order valence-electron chi connectivity index (χ1n) is 6.41. The van der Waals surface area contributed by atoms with E-state index >= 15 is 0 Å². The monoisotopic (exact) mass is 270 g/mol. The van der Waals surface area contributed by atoms with Gasteiger partial charge >= 0.3 is 0 Å². The van der Waals surface area contributed by atoms with Crippen LogP contribution in [0.2, 0.25) is 0 Å². The van der Waals surface area contributed by atoms with Crippen LogP contribution >= 0.6 is 0 Å². The normalized spacial score (nSPS) is 23.6. The van der Waals surface area contributed by atoms with Gasteiger partial charge in [-0.15, -0.1) is 0 Å². The summed E-state index contributed by atoms with van der Waals surface area (Å²) in [4.78, 5) is 0. The van der Waals surface area contributed by atoms with Crippen LogP contribution in [0, 0.1) is 5.82 Å². The van der Waals surface area contributed by atoms with E-state index < -0.39 is 10.8 Å². The lowest BCUT2D eigenvalue weighted by Crippen LogP contribution is -2.26. The Morgan fingerprint density at radius 1 is 1.39 bits per heavy atom. The molecule has 4 heteroatoms. The highest BCUT2D eigenvalue weighted by Gasteiger charge is 2.21. The highest BCUT2D eigenvalue weighted by Crippen LogP contribution is 2.22. The summed E-state index contributed by atoms with van der Waals surface area (Å²) in [6.45, 7) is 2.71. The number of hydrogen-bond acceptors (Lipinski definition) is 2. The second-order valence-corrected chi connectivity index (χ2v) is 6.53. The molecule has 1 heterocycles. The second-order valence-electron chi connectivity index (χ2n) is 4.73. The molecule has 2 rings (SSSR count). The van der Waals surface area contributed by atoms with Crippen molar-refractivity contribution in [2.24, 2.45) is 0 Å². The third kappa shape index (κ3) is 3.62. The standard InChI is InChI=1S/C14H19FO2S/c1-11(12-5-7-13(15)8-6-12)18(16)10-14-4-2-3-9-17-14/h5-8,11,14H,2-4,9-10H2,1H3/t11-,14+,18+/m1/s1. The van der Waals surface area contributed by atoms with Gasteiger partial charge in [-0.05, 0) is 43.9 Å². The molecule has 0 spiro atoms. The van der Waals surface area contributed by atoms with Crippen LogP contribution in [0.1, 0.15) is 37.0 Å². The second kappa shape index (κ2) is 6.43. The van der Waals surface area contributed by atoms with Crippen molar-refractivity contribution in [2.75, 3.05) is 12.4 Å². The number of benzene rings is 1. The van der Waals surface area contributed by atoms with Gasteiger partial charge in [-0.3, -0.25) is 4.21 Å². The van der Waals surface area contributed by atoms with Crippen molar-refractivity contribution in [1.29, 1.82) is 0 Å². The van der Waals surface area contributed by atoms with Crippen molar-refractivity contribution in [1.82, 2.24) is 0 Å². The fourth-order valence-corrected chi connectivity index (χ4v) is 3.53. The Morgan fingerprint density at radius 3 is 2.72 bits per heavy atom. The average Bonchev–Trinajstić information content (AvgIpc) is 2.40. The SMILES string of the molecule is C[C@H](c1ccc(F)cc1)[S@@](=O)C[C@@H]1CCCCO1. The molecule has 3 atom stereocenters. The van der Waals surface area contributed by atoms with Crippen LogP contribution in [-0.2, 0) is 15.5 Å². The molecule has 0 aromatic heterocycles. The average molecular weight is 270 g/mol. The third-order valence-corrected chi connectivity index (χ3v) is 5.12. The molecule has 0 radical (unpaired) electrons. The van der Waals surface area contributed by atoms with E-state index in [0.717, 1.165) is 31.4 Å². The number of halogens is 1. The molecule has 0 amide bonds. The van der Waals surface area contributed by atoms with Crippen molar-refractivity contribution in [2.45, 2.75) is 37.5 Å². The van der Waals surface area contributed by atoms with Gasteiger partial charge in [-0.25, -0.2) is 4.39 Å². The van der Waals surface area contributed by atoms with Crippen molar-refractivity contribution in [3.05, 3.63) is 35.6 Å². The molecule has 1 fully saturated rings. The molecular formula is C14H19FO2S. The van der Waals surface area contributed by atoms with Crippen LogP contribution in [0.15, 0.2) is 24.3 Å². The molecule has 100 valence electrons. The lowest BCUT2D eigenvalue weighted by molar-refractivity contribution is 0.0309. The van der Waals surface area contributed by atoms with Gasteiger partial charge in [-0.2, -0.15) is 0 Å². The minimum absolute atomic E-state index is 0.0730. The summed E-state index contributed by atoms with van der Waals surface area (Å²) in [5, 5.41) is -0.0730. The maximum atomic E-state index is 12.8. The smallest absolute Gasteiger partial charge is 0.123 e. The topological polar surface area (TPSA) is 26.3 Å². The quantitative estimate of drug-likeness (QED) is 0.840. The minimum atomic E-state index is -0.967. The molecule has 18 heavy (non-hydrogen) atoms. The summed E-state index contributed by atoms with van der Waals surface area (Å²) in [5.41, 5.74) is 0.922. The highest BCUT2D eigenvalue weighted by molar-refractivity contribution is 7.85. The zero-order valence-electron chi connectivity index (χ0n) is 10.6. The van der Waals surface area contributed by atoms with Gasteiger partial charge in [0.05, 0.1) is 17.1 Å². The molecule has 1 aliphatic rings. The van der Waals surface area contributed by atoms with Crippen molar-refractivity contribution >= 4 is 10.8 Å². The molecule has 0 bridgehead atoms. The number of rotatable bonds is 4. The predicted molar refractivity (Wildman–Crippen MR) is 71.4 cm³/mol. The molecule has 0 saturated carbocycles. The Hall–Kier alpha value is -0.740. The first-order chi connectivity index (χ1) is 8.66. The molecule has 1 saturated heterocycles. The predicted octanol–water partition coefficient (Wildman–Crippen LogP) is 3.20. The molecule has 2 nitrogen and oxygen atoms in total. The van der Waals surface area contributed by atoms with E-state index in [1.54, 1.807) is 12.1 Å². The third-order valence-electron chi connectivity index (χ3n) is 3.36. The molecule has 0 aliphatic carbocycles. The van der Waals surface area contributed by atoms with Gasteiger partial charge in [0.15, 0.2) is 0 Å². The van der Waals surface area contributed by atoms with E-state index in [9.17, 15) is 8.60 Å². The molecule has 0 N–H and O–H groups in total. The molecule has 1 aromatic carbocycles. The summed E-state index contributed by atoms with van der Waals surface area (Å²) in [6, 6.07) is 6.25. The highest BCUT2D eigenvalue weighted by atomic mass is 32.2. The largest absolute Gasteiger partial charge is 0.377 e. The Bertz CT molecular complexity index is 399. The molecule has 1 aliphatic heterocycles. The Kier molecular flexibility index (Phi) is 4.89. The Labute approximate surface area is 110 Å². The van der Waals surface area contributed by atoms with Crippen molar-refractivity contribution in [3.8, 4) is 0 Å². The van der Waals surface area contributed by atoms with Crippen molar-refractivity contribution in [3.63, 3.8) is 0 Å². The fourth-order valence-electron chi connectivity index (χ4n) is 2.15. The van der Waals surface area contributed by atoms with Gasteiger partial charge in [0.2, 0.25) is 0 Å². The van der Waals surface area contributed by atoms with Crippen LogP contribution in [-0.4, -0.2) is 22.7 Å². The summed E-state index contributed by atoms with van der Waals surface area (Å²) in [7, 11) is -0.967. The van der Waals surface area contributed by atoms with E-state index in [-0.39, 0.29) is 17.2 Å². The first kappa shape index (κ1) is 13.7. The maximum Gasteiger partial charge on any atom is 0.123 e. The minimum Gasteiger partial charge on any atom is -0.377 e. The maximum absolute atomic E-state index is 12.8. The first-order valence-corrected chi connectivity index (χ1v) is 7.79. The van der Waals surface area contributed by atoms with Crippen LogP contribution in [0.5, 0.6) is 0 Å². The summed E-state index contributed by atoms with van der Waals surface area (Å²) in [6.07, 6.45) is 3.40. The summed E-state index contributed by atoms with van der Waals surface area (Å²) in [5.74, 6) is 0.325. The van der Waals surface area contributed by atoms with Gasteiger partial charge in [-0.1, -0.05) is 12.1 Å². The Morgan fingerprint density at radius 2 is 2.11 bits per heavy atom. The van der Waals surface area contributed by atoms with Crippen LogP contribution in [0.4, 0.5) is 4.39 Å². The zero-order valence-corrected chi connectivity index (χ0v) is 11.4. The van der Waals surface area contributed by atoms with E-state index in [1.807, 2.05) is 6.92 Å².